The number of aliphatic carboxylic acids is 1. The zero-order valence-electron chi connectivity index (χ0n) is 7.70. The molecule has 0 atom stereocenters. The second-order valence-electron chi connectivity index (χ2n) is 3.19. The summed E-state index contributed by atoms with van der Waals surface area (Å²) in [5, 5.41) is 8.38. The van der Waals surface area contributed by atoms with Crippen molar-refractivity contribution in [2.24, 2.45) is 5.92 Å². The number of carboxylic acids is 1. The molecule has 4 heteroatoms. The molecule has 0 amide bonds. The molecule has 0 radical (unpaired) electrons. The second kappa shape index (κ2) is 4.87. The molecule has 70 valence electrons. The van der Waals surface area contributed by atoms with Crippen molar-refractivity contribution in [3.63, 3.8) is 0 Å². The molecule has 0 saturated carbocycles. The Hall–Kier alpha value is -0.900. The van der Waals surface area contributed by atoms with Crippen LogP contribution in [0.25, 0.3) is 0 Å². The minimum Gasteiger partial charge on any atom is -0.480 e. The van der Waals surface area contributed by atoms with Crippen molar-refractivity contribution in [2.75, 3.05) is 20.1 Å². The van der Waals surface area contributed by atoms with E-state index in [-0.39, 0.29) is 24.8 Å². The van der Waals surface area contributed by atoms with Gasteiger partial charge in [0, 0.05) is 5.92 Å². The fraction of sp³-hybridized carbons (Fsp3) is 0.750. The zero-order chi connectivity index (χ0) is 9.72. The molecule has 4 nitrogen and oxygen atoms in total. The van der Waals surface area contributed by atoms with E-state index in [1.807, 2.05) is 0 Å². The Labute approximate surface area is 72.2 Å². The second-order valence-corrected chi connectivity index (χ2v) is 3.19. The monoisotopic (exact) mass is 173 g/mol. The third kappa shape index (κ3) is 4.85. The summed E-state index contributed by atoms with van der Waals surface area (Å²) in [6, 6.07) is 0. The van der Waals surface area contributed by atoms with Crippen LogP contribution in [0.2, 0.25) is 0 Å². The number of nitrogens with zero attached hydrogens (tertiary/aromatic N) is 1. The van der Waals surface area contributed by atoms with Gasteiger partial charge in [-0.3, -0.25) is 14.5 Å². The van der Waals surface area contributed by atoms with Gasteiger partial charge in [0.25, 0.3) is 0 Å². The average Bonchev–Trinajstić information content (AvgIpc) is 1.84. The van der Waals surface area contributed by atoms with E-state index in [1.165, 1.54) is 4.90 Å². The van der Waals surface area contributed by atoms with Crippen LogP contribution in [0.3, 0.4) is 0 Å². The lowest BCUT2D eigenvalue weighted by Gasteiger charge is -2.13. The summed E-state index contributed by atoms with van der Waals surface area (Å²) >= 11 is 0. The SMILES string of the molecule is CC(C)C(=O)CN(C)CC(=O)O. The van der Waals surface area contributed by atoms with Crippen molar-refractivity contribution in [3.8, 4) is 0 Å². The number of rotatable bonds is 5. The minimum absolute atomic E-state index is 0.0266. The fourth-order valence-electron chi connectivity index (χ4n) is 0.735. The lowest BCUT2D eigenvalue weighted by Crippen LogP contribution is -2.32. The van der Waals surface area contributed by atoms with Crippen LogP contribution >= 0.6 is 0 Å². The van der Waals surface area contributed by atoms with E-state index >= 15 is 0 Å². The third-order valence-electron chi connectivity index (χ3n) is 1.47. The van der Waals surface area contributed by atoms with Gasteiger partial charge in [0.05, 0.1) is 13.1 Å². The fourth-order valence-corrected chi connectivity index (χ4v) is 0.735. The van der Waals surface area contributed by atoms with E-state index in [2.05, 4.69) is 0 Å². The maximum atomic E-state index is 11.1. The summed E-state index contributed by atoms with van der Waals surface area (Å²) in [6.45, 7) is 3.73. The van der Waals surface area contributed by atoms with Crippen LogP contribution in [-0.2, 0) is 9.59 Å². The predicted octanol–water partition coefficient (Wildman–Crippen LogP) is 0.228. The molecule has 0 spiro atoms. The summed E-state index contributed by atoms with van der Waals surface area (Å²) in [5.74, 6) is -0.867. The van der Waals surface area contributed by atoms with Crippen LogP contribution in [0.15, 0.2) is 0 Å². The Balaban J connectivity index is 3.76. The van der Waals surface area contributed by atoms with Gasteiger partial charge in [0.2, 0.25) is 0 Å². The Morgan fingerprint density at radius 1 is 1.33 bits per heavy atom. The van der Waals surface area contributed by atoms with Gasteiger partial charge < -0.3 is 5.11 Å². The first-order valence-corrected chi connectivity index (χ1v) is 3.86. The van der Waals surface area contributed by atoms with E-state index in [4.69, 9.17) is 5.11 Å². The third-order valence-corrected chi connectivity index (χ3v) is 1.47. The quantitative estimate of drug-likeness (QED) is 0.646. The first kappa shape index (κ1) is 11.1. The molecule has 0 aliphatic carbocycles. The Bertz CT molecular complexity index is 177. The number of Topliss-reactive ketones (excluding diaryl/α,β-unsaturated/α-hetero) is 1. The van der Waals surface area contributed by atoms with E-state index in [0.29, 0.717) is 0 Å². The van der Waals surface area contributed by atoms with E-state index in [9.17, 15) is 9.59 Å². The Kier molecular flexibility index (Phi) is 4.51. The molecular weight excluding hydrogens is 158 g/mol. The van der Waals surface area contributed by atoms with Crippen molar-refractivity contribution in [1.82, 2.24) is 4.90 Å². The number of carboxylic acid groups (broad SMARTS) is 1. The van der Waals surface area contributed by atoms with Crippen molar-refractivity contribution < 1.29 is 14.7 Å². The van der Waals surface area contributed by atoms with Crippen LogP contribution < -0.4 is 0 Å². The van der Waals surface area contributed by atoms with Crippen molar-refractivity contribution in [2.45, 2.75) is 13.8 Å². The van der Waals surface area contributed by atoms with Gasteiger partial charge in [-0.15, -0.1) is 0 Å². The molecule has 0 aromatic heterocycles. The first-order valence-electron chi connectivity index (χ1n) is 3.86. The van der Waals surface area contributed by atoms with Gasteiger partial charge in [-0.1, -0.05) is 13.8 Å². The summed E-state index contributed by atoms with van der Waals surface area (Å²) < 4.78 is 0. The molecular formula is C8H15NO3. The van der Waals surface area contributed by atoms with Crippen LogP contribution in [0.1, 0.15) is 13.8 Å². The van der Waals surface area contributed by atoms with Gasteiger partial charge in [-0.05, 0) is 7.05 Å². The molecule has 0 fully saturated rings. The van der Waals surface area contributed by atoms with Gasteiger partial charge in [-0.2, -0.15) is 0 Å². The molecule has 1 N–H and O–H groups in total. The standard InChI is InChI=1S/C8H15NO3/c1-6(2)7(10)4-9(3)5-8(11)12/h6H,4-5H2,1-3H3,(H,11,12). The molecule has 0 aliphatic rings. The average molecular weight is 173 g/mol. The van der Waals surface area contributed by atoms with Crippen LogP contribution in [0, 0.1) is 5.92 Å². The highest BCUT2D eigenvalue weighted by Crippen LogP contribution is 1.95. The highest BCUT2D eigenvalue weighted by atomic mass is 16.4. The van der Waals surface area contributed by atoms with Crippen molar-refractivity contribution in [1.29, 1.82) is 0 Å². The normalized spacial score (nSPS) is 10.8. The molecule has 0 aliphatic heterocycles. The number of carbonyl (C=O) groups is 2. The minimum atomic E-state index is -0.908. The lowest BCUT2D eigenvalue weighted by molar-refractivity contribution is -0.138. The van der Waals surface area contributed by atoms with Crippen molar-refractivity contribution >= 4 is 11.8 Å². The molecule has 0 saturated heterocycles. The van der Waals surface area contributed by atoms with Gasteiger partial charge >= 0.3 is 5.97 Å². The molecule has 0 heterocycles. The maximum Gasteiger partial charge on any atom is 0.317 e. The number of hydrogen-bond acceptors (Lipinski definition) is 3. The van der Waals surface area contributed by atoms with E-state index < -0.39 is 5.97 Å². The topological polar surface area (TPSA) is 57.6 Å². The van der Waals surface area contributed by atoms with Crippen LogP contribution in [0.4, 0.5) is 0 Å². The molecule has 0 bridgehead atoms. The largest absolute Gasteiger partial charge is 0.480 e. The summed E-state index contributed by atoms with van der Waals surface area (Å²) in [4.78, 5) is 22.8. The van der Waals surface area contributed by atoms with Gasteiger partial charge in [0.1, 0.15) is 5.78 Å². The van der Waals surface area contributed by atoms with Gasteiger partial charge in [-0.25, -0.2) is 0 Å². The van der Waals surface area contributed by atoms with Gasteiger partial charge in [0.15, 0.2) is 0 Å². The molecule has 12 heavy (non-hydrogen) atoms. The maximum absolute atomic E-state index is 11.1. The Morgan fingerprint density at radius 3 is 2.17 bits per heavy atom. The van der Waals surface area contributed by atoms with Crippen molar-refractivity contribution in [3.05, 3.63) is 0 Å². The summed E-state index contributed by atoms with van der Waals surface area (Å²) in [6.07, 6.45) is 0. The van der Waals surface area contributed by atoms with E-state index in [0.717, 1.165) is 0 Å². The molecule has 0 unspecified atom stereocenters. The number of likely N-dealkylation sites (N-methyl/N-ethyl adjacent to an activating group) is 1. The highest BCUT2D eigenvalue weighted by molar-refractivity contribution is 5.82. The molecule has 0 aromatic rings. The van der Waals surface area contributed by atoms with E-state index in [1.54, 1.807) is 20.9 Å². The number of ketones is 1. The summed E-state index contributed by atoms with van der Waals surface area (Å²) in [7, 11) is 1.62. The number of carbonyl (C=O) groups excluding carboxylic acids is 1. The first-order chi connectivity index (χ1) is 5.43. The van der Waals surface area contributed by atoms with Crippen LogP contribution in [0.5, 0.6) is 0 Å². The molecule has 0 rings (SSSR count). The van der Waals surface area contributed by atoms with Crippen LogP contribution in [-0.4, -0.2) is 41.9 Å². The number of hydrogen-bond donors (Lipinski definition) is 1. The molecule has 0 aromatic carbocycles. The lowest BCUT2D eigenvalue weighted by atomic mass is 10.1. The smallest absolute Gasteiger partial charge is 0.317 e. The zero-order valence-corrected chi connectivity index (χ0v) is 7.70. The predicted molar refractivity (Wildman–Crippen MR) is 45.0 cm³/mol. The highest BCUT2D eigenvalue weighted by Gasteiger charge is 2.11. The Morgan fingerprint density at radius 2 is 1.83 bits per heavy atom. The summed E-state index contributed by atoms with van der Waals surface area (Å²) in [5.41, 5.74) is 0.